The second-order valence-corrected chi connectivity index (χ2v) is 17.3. The van der Waals surface area contributed by atoms with Gasteiger partial charge in [0.05, 0.1) is 26.4 Å². The normalized spacial score (nSPS) is 23.3. The van der Waals surface area contributed by atoms with E-state index in [2.05, 4.69) is 76.3 Å². The van der Waals surface area contributed by atoms with Gasteiger partial charge in [0.15, 0.2) is 8.32 Å². The molecule has 3 aromatic carbocycles. The van der Waals surface area contributed by atoms with E-state index in [1.165, 1.54) is 0 Å². The Morgan fingerprint density at radius 1 is 0.667 bits per heavy atom. The second kappa shape index (κ2) is 15.2. The van der Waals surface area contributed by atoms with Crippen LogP contribution in [0.5, 0.6) is 0 Å². The molecule has 1 saturated heterocycles. The van der Waals surface area contributed by atoms with Crippen LogP contribution in [-0.2, 0) is 43.2 Å². The van der Waals surface area contributed by atoms with E-state index in [0.29, 0.717) is 26.4 Å². The quantitative estimate of drug-likeness (QED) is 0.149. The molecule has 5 atom stereocenters. The zero-order valence-electron chi connectivity index (χ0n) is 26.1. The van der Waals surface area contributed by atoms with Crippen LogP contribution in [0.25, 0.3) is 0 Å². The van der Waals surface area contributed by atoms with Gasteiger partial charge in [0, 0.05) is 0 Å². The van der Waals surface area contributed by atoms with E-state index in [1.54, 1.807) is 0 Å². The maximum absolute atomic E-state index is 6.80. The van der Waals surface area contributed by atoms with Crippen molar-refractivity contribution in [1.82, 2.24) is 0 Å². The molecule has 0 bridgehead atoms. The zero-order chi connectivity index (χ0) is 30.0. The van der Waals surface area contributed by atoms with Gasteiger partial charge in [0.2, 0.25) is 0 Å². The summed E-state index contributed by atoms with van der Waals surface area (Å²) < 4.78 is 33.7. The molecule has 0 radical (unpaired) electrons. The van der Waals surface area contributed by atoms with Crippen LogP contribution in [0.1, 0.15) is 44.4 Å². The Balaban J connectivity index is 1.66. The van der Waals surface area contributed by atoms with Crippen molar-refractivity contribution in [2.75, 3.05) is 6.61 Å². The van der Waals surface area contributed by atoms with Crippen molar-refractivity contribution in [3.05, 3.63) is 120 Å². The molecule has 0 aromatic heterocycles. The molecule has 4 rings (SSSR count). The van der Waals surface area contributed by atoms with Gasteiger partial charge in [-0.15, -0.1) is 0 Å². The Morgan fingerprint density at radius 3 is 1.52 bits per heavy atom. The third kappa shape index (κ3) is 8.96. The number of hydrogen-bond acceptors (Lipinski definition) is 5. The van der Waals surface area contributed by atoms with Gasteiger partial charge < -0.3 is 23.4 Å². The Hall–Kier alpha value is -2.58. The number of hydrogen-bond donors (Lipinski definition) is 0. The SMILES string of the molecule is C/C=C/[C@H]1O[C@H](CO[Si](C)(C)C(C)(C)C)[C@@H](OCc2ccccc2)[C@H](OCc2ccccc2)[C@@H]1OCc1ccccc1. The molecule has 0 N–H and O–H groups in total. The molecule has 0 unspecified atom stereocenters. The molecule has 0 amide bonds. The molecule has 1 heterocycles. The van der Waals surface area contributed by atoms with Gasteiger partial charge in [-0.3, -0.25) is 0 Å². The van der Waals surface area contributed by atoms with Crippen LogP contribution in [0.2, 0.25) is 18.1 Å². The third-order valence-corrected chi connectivity index (χ3v) is 12.8. The molecule has 42 heavy (non-hydrogen) atoms. The van der Waals surface area contributed by atoms with Crippen LogP contribution >= 0.6 is 0 Å². The van der Waals surface area contributed by atoms with E-state index in [-0.39, 0.29) is 29.5 Å². The first-order valence-corrected chi connectivity index (χ1v) is 18.0. The molecule has 226 valence electrons. The molecular formula is C36H48O5Si. The lowest BCUT2D eigenvalue weighted by molar-refractivity contribution is -0.259. The van der Waals surface area contributed by atoms with Gasteiger partial charge in [-0.05, 0) is 41.7 Å². The fourth-order valence-corrected chi connectivity index (χ4v) is 5.82. The second-order valence-electron chi connectivity index (χ2n) is 12.5. The molecule has 1 aliphatic rings. The summed E-state index contributed by atoms with van der Waals surface area (Å²) in [5.41, 5.74) is 3.30. The van der Waals surface area contributed by atoms with Crippen LogP contribution in [0.4, 0.5) is 0 Å². The Kier molecular flexibility index (Phi) is 11.7. The summed E-state index contributed by atoms with van der Waals surface area (Å²) >= 11 is 0. The minimum absolute atomic E-state index is 0.0787. The largest absolute Gasteiger partial charge is 0.414 e. The van der Waals surface area contributed by atoms with E-state index in [4.69, 9.17) is 23.4 Å². The average molecular weight is 589 g/mol. The lowest BCUT2D eigenvalue weighted by Gasteiger charge is -2.47. The summed E-state index contributed by atoms with van der Waals surface area (Å²) in [7, 11) is -2.04. The van der Waals surface area contributed by atoms with Crippen molar-refractivity contribution in [3.8, 4) is 0 Å². The van der Waals surface area contributed by atoms with E-state index in [9.17, 15) is 0 Å². The average Bonchev–Trinajstić information content (AvgIpc) is 2.99. The van der Waals surface area contributed by atoms with Crippen molar-refractivity contribution in [1.29, 1.82) is 0 Å². The fraction of sp³-hybridized carbons (Fsp3) is 0.444. The van der Waals surface area contributed by atoms with Crippen LogP contribution in [0.3, 0.4) is 0 Å². The predicted molar refractivity (Wildman–Crippen MR) is 172 cm³/mol. The minimum atomic E-state index is -2.04. The highest BCUT2D eigenvalue weighted by Gasteiger charge is 2.48. The van der Waals surface area contributed by atoms with Crippen LogP contribution in [0.15, 0.2) is 103 Å². The van der Waals surface area contributed by atoms with E-state index in [0.717, 1.165) is 16.7 Å². The van der Waals surface area contributed by atoms with E-state index in [1.807, 2.05) is 67.6 Å². The number of ether oxygens (including phenoxy) is 4. The monoisotopic (exact) mass is 588 g/mol. The van der Waals surface area contributed by atoms with Gasteiger partial charge in [-0.2, -0.15) is 0 Å². The maximum atomic E-state index is 6.80. The molecule has 1 aliphatic heterocycles. The highest BCUT2D eigenvalue weighted by atomic mass is 28.4. The molecule has 0 aliphatic carbocycles. The molecular weight excluding hydrogens is 540 g/mol. The van der Waals surface area contributed by atoms with Gasteiger partial charge >= 0.3 is 0 Å². The number of rotatable bonds is 13. The molecule has 0 saturated carbocycles. The number of benzene rings is 3. The smallest absolute Gasteiger partial charge is 0.192 e. The molecule has 1 fully saturated rings. The highest BCUT2D eigenvalue weighted by Crippen LogP contribution is 2.38. The van der Waals surface area contributed by atoms with Crippen molar-refractivity contribution >= 4 is 8.32 Å². The lowest BCUT2D eigenvalue weighted by atomic mass is 9.93. The topological polar surface area (TPSA) is 46.2 Å². The Bertz CT molecular complexity index is 1210. The Labute approximate surface area is 253 Å². The van der Waals surface area contributed by atoms with E-state index >= 15 is 0 Å². The summed E-state index contributed by atoms with van der Waals surface area (Å²) in [5.74, 6) is 0. The molecule has 5 nitrogen and oxygen atoms in total. The molecule has 0 spiro atoms. The predicted octanol–water partition coefficient (Wildman–Crippen LogP) is 8.11. The highest BCUT2D eigenvalue weighted by molar-refractivity contribution is 6.74. The first-order chi connectivity index (χ1) is 20.2. The van der Waals surface area contributed by atoms with Crippen molar-refractivity contribution in [2.45, 2.75) is 96.2 Å². The standard InChI is InChI=1S/C36H48O5Si/c1-7-17-31-33(37-24-28-18-11-8-12-19-28)35(39-26-30-22-15-10-16-23-30)34(38-25-29-20-13-9-14-21-29)32(41-31)27-40-42(5,6)36(2,3)4/h7-23,31-35H,24-27H2,1-6H3/b17-7+/t31-,32-,33-,34-,35-/m1/s1. The first-order valence-electron chi connectivity index (χ1n) is 15.1. The minimum Gasteiger partial charge on any atom is -0.414 e. The number of allylic oxidation sites excluding steroid dienone is 1. The van der Waals surface area contributed by atoms with Gasteiger partial charge in [0.1, 0.15) is 30.5 Å². The maximum Gasteiger partial charge on any atom is 0.192 e. The van der Waals surface area contributed by atoms with Gasteiger partial charge in [0.25, 0.3) is 0 Å². The fourth-order valence-electron chi connectivity index (χ4n) is 4.81. The zero-order valence-corrected chi connectivity index (χ0v) is 27.1. The van der Waals surface area contributed by atoms with Crippen molar-refractivity contribution in [3.63, 3.8) is 0 Å². The van der Waals surface area contributed by atoms with Gasteiger partial charge in [-0.1, -0.05) is 124 Å². The van der Waals surface area contributed by atoms with Crippen molar-refractivity contribution in [2.24, 2.45) is 0 Å². The Morgan fingerprint density at radius 2 is 1.10 bits per heavy atom. The van der Waals surface area contributed by atoms with Crippen LogP contribution < -0.4 is 0 Å². The third-order valence-electron chi connectivity index (χ3n) is 8.32. The van der Waals surface area contributed by atoms with Crippen LogP contribution in [0, 0.1) is 0 Å². The van der Waals surface area contributed by atoms with E-state index < -0.39 is 14.4 Å². The van der Waals surface area contributed by atoms with Crippen molar-refractivity contribution < 1.29 is 23.4 Å². The first kappa shape index (κ1) is 32.3. The summed E-state index contributed by atoms with van der Waals surface area (Å²) in [6.07, 6.45) is 2.28. The summed E-state index contributed by atoms with van der Waals surface area (Å²) in [5, 5.41) is 0.0787. The molecule has 3 aromatic rings. The summed E-state index contributed by atoms with van der Waals surface area (Å²) in [6, 6.07) is 30.7. The van der Waals surface area contributed by atoms with Crippen LogP contribution in [-0.4, -0.2) is 45.4 Å². The molecule has 6 heteroatoms. The lowest BCUT2D eigenvalue weighted by Crippen LogP contribution is -2.61. The summed E-state index contributed by atoms with van der Waals surface area (Å²) in [4.78, 5) is 0. The van der Waals surface area contributed by atoms with Gasteiger partial charge in [-0.25, -0.2) is 0 Å². The summed E-state index contributed by atoms with van der Waals surface area (Å²) in [6.45, 7) is 15.1.